The van der Waals surface area contributed by atoms with Gasteiger partial charge in [0.25, 0.3) is 0 Å². The van der Waals surface area contributed by atoms with Crippen LogP contribution in [0.2, 0.25) is 0 Å². The summed E-state index contributed by atoms with van der Waals surface area (Å²) in [7, 11) is 0. The standard InChI is InChI=1S/C22H40O3/c1-3-5-7-9-11-15-23-19-17-13-14-18(22-21(17)25-22)20(19)24-16-12-10-8-6-4-2/h17-22H,3-16H2,1-2H3. The first-order chi connectivity index (χ1) is 12.4. The highest BCUT2D eigenvalue weighted by atomic mass is 16.6. The maximum absolute atomic E-state index is 6.40. The Kier molecular flexibility index (Phi) is 8.07. The molecule has 1 aliphatic heterocycles. The normalized spacial score (nSPS) is 35.8. The zero-order valence-corrected chi connectivity index (χ0v) is 16.6. The van der Waals surface area contributed by atoms with Crippen molar-refractivity contribution in [2.24, 2.45) is 11.8 Å². The molecule has 0 radical (unpaired) electrons. The van der Waals surface area contributed by atoms with Crippen LogP contribution < -0.4 is 0 Å². The smallest absolute Gasteiger partial charge is 0.0899 e. The second-order valence-corrected chi connectivity index (χ2v) is 8.47. The third kappa shape index (κ3) is 5.20. The van der Waals surface area contributed by atoms with E-state index in [9.17, 15) is 0 Å². The van der Waals surface area contributed by atoms with E-state index in [2.05, 4.69) is 13.8 Å². The van der Waals surface area contributed by atoms with Crippen LogP contribution in [0.4, 0.5) is 0 Å². The van der Waals surface area contributed by atoms with Gasteiger partial charge in [0.05, 0.1) is 24.4 Å². The number of fused-ring (bicyclic) bond motifs is 2. The van der Waals surface area contributed by atoms with Crippen LogP contribution in [0.3, 0.4) is 0 Å². The molecule has 0 aromatic heterocycles. The van der Waals surface area contributed by atoms with Gasteiger partial charge in [-0.05, 0) is 25.7 Å². The van der Waals surface area contributed by atoms with Crippen molar-refractivity contribution in [3.05, 3.63) is 0 Å². The molecule has 146 valence electrons. The summed E-state index contributed by atoms with van der Waals surface area (Å²) in [5.74, 6) is 1.19. The monoisotopic (exact) mass is 352 g/mol. The van der Waals surface area contributed by atoms with Gasteiger partial charge in [-0.2, -0.15) is 0 Å². The van der Waals surface area contributed by atoms with Gasteiger partial charge in [-0.25, -0.2) is 0 Å². The first kappa shape index (κ1) is 19.6. The van der Waals surface area contributed by atoms with E-state index < -0.39 is 0 Å². The van der Waals surface area contributed by atoms with E-state index in [1.54, 1.807) is 0 Å². The summed E-state index contributed by atoms with van der Waals surface area (Å²) in [6.07, 6.45) is 17.2. The van der Waals surface area contributed by atoms with Crippen LogP contribution in [0.1, 0.15) is 90.9 Å². The van der Waals surface area contributed by atoms with Gasteiger partial charge in [0.15, 0.2) is 0 Å². The molecule has 4 fully saturated rings. The molecule has 0 aromatic carbocycles. The minimum absolute atomic E-state index is 0.296. The molecule has 0 aromatic rings. The lowest BCUT2D eigenvalue weighted by Gasteiger charge is -2.45. The molecule has 0 N–H and O–H groups in total. The van der Waals surface area contributed by atoms with Crippen molar-refractivity contribution < 1.29 is 14.2 Å². The van der Waals surface area contributed by atoms with Crippen LogP contribution in [-0.4, -0.2) is 37.6 Å². The second kappa shape index (κ2) is 10.3. The molecule has 3 heteroatoms. The lowest BCUT2D eigenvalue weighted by molar-refractivity contribution is -0.155. The van der Waals surface area contributed by atoms with E-state index in [4.69, 9.17) is 14.2 Å². The van der Waals surface area contributed by atoms with E-state index in [0.717, 1.165) is 13.2 Å². The predicted molar refractivity (Wildman–Crippen MR) is 102 cm³/mol. The lowest BCUT2D eigenvalue weighted by Crippen LogP contribution is -2.54. The highest BCUT2D eigenvalue weighted by Gasteiger charge is 2.64. The van der Waals surface area contributed by atoms with Crippen molar-refractivity contribution in [3.8, 4) is 0 Å². The summed E-state index contributed by atoms with van der Waals surface area (Å²) in [4.78, 5) is 0. The Morgan fingerprint density at radius 1 is 0.640 bits per heavy atom. The summed E-state index contributed by atoms with van der Waals surface area (Å²) in [6.45, 7) is 6.35. The SMILES string of the molecule is CCCCCCCOC1C2CCC(C1OCCCCCCC)C1OC21. The van der Waals surface area contributed by atoms with E-state index in [1.807, 2.05) is 0 Å². The Labute approximate surface area is 155 Å². The summed E-state index contributed by atoms with van der Waals surface area (Å²) < 4.78 is 18.8. The van der Waals surface area contributed by atoms with Gasteiger partial charge in [-0.1, -0.05) is 65.2 Å². The van der Waals surface area contributed by atoms with Crippen molar-refractivity contribution in [3.63, 3.8) is 0 Å². The predicted octanol–water partition coefficient (Wildman–Crippen LogP) is 5.50. The molecule has 6 atom stereocenters. The molecule has 3 nitrogen and oxygen atoms in total. The molecule has 2 bridgehead atoms. The fourth-order valence-electron chi connectivity index (χ4n) is 5.02. The number of ether oxygens (including phenoxy) is 3. The fraction of sp³-hybridized carbons (Fsp3) is 1.00. The average molecular weight is 353 g/mol. The molecule has 25 heavy (non-hydrogen) atoms. The molecule has 0 amide bonds. The zero-order chi connectivity index (χ0) is 17.5. The summed E-state index contributed by atoms with van der Waals surface area (Å²) in [6, 6.07) is 0. The fourth-order valence-corrected chi connectivity index (χ4v) is 5.02. The third-order valence-corrected chi connectivity index (χ3v) is 6.52. The number of epoxide rings is 1. The van der Waals surface area contributed by atoms with Gasteiger partial charge in [0.2, 0.25) is 0 Å². The second-order valence-electron chi connectivity index (χ2n) is 8.47. The van der Waals surface area contributed by atoms with Crippen LogP contribution >= 0.6 is 0 Å². The minimum Gasteiger partial charge on any atom is -0.375 e. The number of hydrogen-bond donors (Lipinski definition) is 0. The Morgan fingerprint density at radius 3 is 1.52 bits per heavy atom. The minimum atomic E-state index is 0.296. The molecule has 1 saturated heterocycles. The molecule has 3 saturated carbocycles. The van der Waals surface area contributed by atoms with Crippen molar-refractivity contribution >= 4 is 0 Å². The largest absolute Gasteiger partial charge is 0.375 e. The van der Waals surface area contributed by atoms with Crippen LogP contribution in [0.5, 0.6) is 0 Å². The summed E-state index contributed by atoms with van der Waals surface area (Å²) in [5, 5.41) is 0. The molecule has 4 rings (SSSR count). The molecule has 3 aliphatic carbocycles. The number of hydrogen-bond acceptors (Lipinski definition) is 3. The van der Waals surface area contributed by atoms with Crippen molar-refractivity contribution in [2.45, 2.75) is 115 Å². The van der Waals surface area contributed by atoms with Crippen LogP contribution in [-0.2, 0) is 14.2 Å². The molecular formula is C22H40O3. The Balaban J connectivity index is 1.40. The van der Waals surface area contributed by atoms with E-state index in [-0.39, 0.29) is 0 Å². The van der Waals surface area contributed by atoms with Gasteiger partial charge in [-0.3, -0.25) is 0 Å². The van der Waals surface area contributed by atoms with E-state index in [0.29, 0.717) is 36.3 Å². The van der Waals surface area contributed by atoms with Crippen molar-refractivity contribution in [2.75, 3.05) is 13.2 Å². The maximum atomic E-state index is 6.40. The first-order valence-corrected chi connectivity index (χ1v) is 11.3. The van der Waals surface area contributed by atoms with Gasteiger partial charge in [-0.15, -0.1) is 0 Å². The highest BCUT2D eigenvalue weighted by molar-refractivity contribution is 5.12. The topological polar surface area (TPSA) is 31.0 Å². The number of rotatable bonds is 14. The van der Waals surface area contributed by atoms with E-state index >= 15 is 0 Å². The van der Waals surface area contributed by atoms with Crippen LogP contribution in [0.15, 0.2) is 0 Å². The van der Waals surface area contributed by atoms with Crippen LogP contribution in [0.25, 0.3) is 0 Å². The quantitative estimate of drug-likeness (QED) is 0.305. The van der Waals surface area contributed by atoms with Gasteiger partial charge < -0.3 is 14.2 Å². The molecule has 4 aliphatic rings. The molecular weight excluding hydrogens is 312 g/mol. The Morgan fingerprint density at radius 2 is 1.08 bits per heavy atom. The average Bonchev–Trinajstić information content (AvgIpc) is 3.44. The maximum Gasteiger partial charge on any atom is 0.0899 e. The third-order valence-electron chi connectivity index (χ3n) is 6.52. The first-order valence-electron chi connectivity index (χ1n) is 11.3. The van der Waals surface area contributed by atoms with Gasteiger partial charge >= 0.3 is 0 Å². The Hall–Kier alpha value is -0.120. The zero-order valence-electron chi connectivity index (χ0n) is 16.6. The molecule has 1 heterocycles. The van der Waals surface area contributed by atoms with Gasteiger partial charge in [0.1, 0.15) is 0 Å². The number of unbranched alkanes of at least 4 members (excludes halogenated alkanes) is 8. The highest BCUT2D eigenvalue weighted by Crippen LogP contribution is 2.54. The van der Waals surface area contributed by atoms with Crippen molar-refractivity contribution in [1.82, 2.24) is 0 Å². The molecule has 6 unspecified atom stereocenters. The van der Waals surface area contributed by atoms with Crippen molar-refractivity contribution in [1.29, 1.82) is 0 Å². The molecule has 0 spiro atoms. The van der Waals surface area contributed by atoms with E-state index in [1.165, 1.54) is 77.0 Å². The lowest BCUT2D eigenvalue weighted by atomic mass is 9.67. The van der Waals surface area contributed by atoms with Crippen LogP contribution in [0, 0.1) is 11.8 Å². The Bertz CT molecular complexity index is 338. The summed E-state index contributed by atoms with van der Waals surface area (Å²) in [5.41, 5.74) is 0. The summed E-state index contributed by atoms with van der Waals surface area (Å²) >= 11 is 0. The van der Waals surface area contributed by atoms with Gasteiger partial charge in [0, 0.05) is 25.0 Å².